The minimum Gasteiger partial charge on any atom is -0.493 e. The number of carbonyl (C=O) groups excluding carboxylic acids is 2. The van der Waals surface area contributed by atoms with Gasteiger partial charge in [-0.3, -0.25) is 10.1 Å². The summed E-state index contributed by atoms with van der Waals surface area (Å²) < 4.78 is 16.0. The zero-order chi connectivity index (χ0) is 26.0. The quantitative estimate of drug-likeness (QED) is 0.464. The van der Waals surface area contributed by atoms with Crippen LogP contribution in [0.4, 0.5) is 10.5 Å². The number of nitrogens with one attached hydrogen (secondary N) is 1. The summed E-state index contributed by atoms with van der Waals surface area (Å²) in [5, 5.41) is 8.87. The number of amides is 2. The molecule has 0 saturated carbocycles. The van der Waals surface area contributed by atoms with Crippen molar-refractivity contribution in [1.29, 1.82) is 0 Å². The maximum atomic E-state index is 12.5. The predicted molar refractivity (Wildman–Crippen MR) is 146 cm³/mol. The number of hydrazone groups is 1. The van der Waals surface area contributed by atoms with Gasteiger partial charge in [0.15, 0.2) is 11.5 Å². The molecule has 0 atom stereocenters. The second kappa shape index (κ2) is 13.3. The van der Waals surface area contributed by atoms with Crippen LogP contribution >= 0.6 is 11.8 Å². The van der Waals surface area contributed by atoms with Gasteiger partial charge in [-0.05, 0) is 42.3 Å². The van der Waals surface area contributed by atoms with Crippen LogP contribution in [0.1, 0.15) is 30.4 Å². The van der Waals surface area contributed by atoms with Gasteiger partial charge in [0.2, 0.25) is 5.91 Å². The molecule has 0 radical (unpaired) electrons. The molecule has 0 unspecified atom stereocenters. The summed E-state index contributed by atoms with van der Waals surface area (Å²) in [4.78, 5) is 27.1. The second-order valence-corrected chi connectivity index (χ2v) is 10.1. The monoisotopic (exact) mass is 526 g/mol. The van der Waals surface area contributed by atoms with E-state index in [1.165, 1.54) is 16.5 Å². The van der Waals surface area contributed by atoms with Gasteiger partial charge in [-0.25, -0.2) is 9.80 Å². The first kappa shape index (κ1) is 26.8. The van der Waals surface area contributed by atoms with E-state index in [4.69, 9.17) is 14.2 Å². The van der Waals surface area contributed by atoms with Gasteiger partial charge >= 0.3 is 6.09 Å². The molecule has 9 nitrogen and oxygen atoms in total. The number of thioether (sulfide) groups is 1. The number of hydrogen-bond acceptors (Lipinski definition) is 8. The minimum absolute atomic E-state index is 0.0293. The van der Waals surface area contributed by atoms with Gasteiger partial charge in [-0.1, -0.05) is 12.1 Å². The third kappa shape index (κ3) is 7.62. The van der Waals surface area contributed by atoms with Crippen LogP contribution in [0.2, 0.25) is 0 Å². The van der Waals surface area contributed by atoms with E-state index in [-0.39, 0.29) is 5.91 Å². The van der Waals surface area contributed by atoms with Crippen LogP contribution in [0, 0.1) is 0 Å². The molecule has 2 amide bonds. The van der Waals surface area contributed by atoms with Gasteiger partial charge in [-0.15, -0.1) is 0 Å². The molecule has 1 saturated heterocycles. The van der Waals surface area contributed by atoms with Crippen molar-refractivity contribution in [2.45, 2.75) is 25.8 Å². The van der Waals surface area contributed by atoms with E-state index in [0.717, 1.165) is 42.9 Å². The minimum atomic E-state index is -0.461. The first-order valence-electron chi connectivity index (χ1n) is 12.5. The van der Waals surface area contributed by atoms with Gasteiger partial charge in [0.05, 0.1) is 33.1 Å². The largest absolute Gasteiger partial charge is 0.493 e. The van der Waals surface area contributed by atoms with Gasteiger partial charge in [0.1, 0.15) is 0 Å². The van der Waals surface area contributed by atoms with E-state index in [9.17, 15) is 9.59 Å². The Balaban J connectivity index is 1.28. The first-order chi connectivity index (χ1) is 18.1. The molecule has 0 aliphatic carbocycles. The van der Waals surface area contributed by atoms with Crippen molar-refractivity contribution in [3.63, 3.8) is 0 Å². The Morgan fingerprint density at radius 2 is 1.78 bits per heavy atom. The normalized spacial score (nSPS) is 16.2. The maximum Gasteiger partial charge on any atom is 0.411 e. The summed E-state index contributed by atoms with van der Waals surface area (Å²) in [6, 6.07) is 13.0. The third-order valence-electron chi connectivity index (χ3n) is 6.31. The number of methoxy groups -OCH3 is 2. The van der Waals surface area contributed by atoms with E-state index in [1.807, 2.05) is 42.1 Å². The topological polar surface area (TPSA) is 92.7 Å². The van der Waals surface area contributed by atoms with Crippen LogP contribution in [-0.2, 0) is 16.1 Å². The number of benzene rings is 2. The van der Waals surface area contributed by atoms with Crippen molar-refractivity contribution in [2.75, 3.05) is 57.3 Å². The number of nitrogens with zero attached hydrogens (tertiary/aromatic N) is 3. The fourth-order valence-corrected chi connectivity index (χ4v) is 5.22. The Labute approximate surface area is 222 Å². The molecule has 37 heavy (non-hydrogen) atoms. The van der Waals surface area contributed by atoms with Gasteiger partial charge < -0.3 is 19.1 Å². The van der Waals surface area contributed by atoms with Crippen molar-refractivity contribution in [1.82, 2.24) is 9.91 Å². The first-order valence-corrected chi connectivity index (χ1v) is 13.6. The molecule has 10 heteroatoms. The lowest BCUT2D eigenvalue weighted by molar-refractivity contribution is -0.132. The van der Waals surface area contributed by atoms with Crippen molar-refractivity contribution in [2.24, 2.45) is 5.10 Å². The standard InChI is InChI=1S/C27H34N4O5S/c1-34-24-10-6-21(18-25(24)35-2)23-9-11-26(32)31(29-23)19-20-4-7-22(8-5-20)28-27(33)36-15-3-12-30-13-16-37-17-14-30/h4-8,10,18H,3,9,11-17,19H2,1-2H3,(H,28,33). The van der Waals surface area contributed by atoms with Crippen LogP contribution in [0.3, 0.4) is 0 Å². The molecule has 1 fully saturated rings. The number of ether oxygens (including phenoxy) is 3. The Morgan fingerprint density at radius 1 is 1.03 bits per heavy atom. The number of rotatable bonds is 10. The highest BCUT2D eigenvalue weighted by molar-refractivity contribution is 7.99. The molecule has 2 aliphatic rings. The zero-order valence-electron chi connectivity index (χ0n) is 21.4. The maximum absolute atomic E-state index is 12.5. The summed E-state index contributed by atoms with van der Waals surface area (Å²) >= 11 is 1.99. The molecule has 2 aromatic carbocycles. The molecule has 2 heterocycles. The molecule has 2 aliphatic heterocycles. The average Bonchev–Trinajstić information content (AvgIpc) is 2.93. The summed E-state index contributed by atoms with van der Waals surface area (Å²) in [5.74, 6) is 3.58. The average molecular weight is 527 g/mol. The lowest BCUT2D eigenvalue weighted by Gasteiger charge is -2.25. The summed E-state index contributed by atoms with van der Waals surface area (Å²) in [6.45, 7) is 3.90. The molecule has 0 spiro atoms. The van der Waals surface area contributed by atoms with Crippen LogP contribution in [0.5, 0.6) is 11.5 Å². The SMILES string of the molecule is COc1ccc(C2=NN(Cc3ccc(NC(=O)OCCCN4CCSCC4)cc3)C(=O)CC2)cc1OC. The van der Waals surface area contributed by atoms with E-state index in [2.05, 4.69) is 15.3 Å². The predicted octanol–water partition coefficient (Wildman–Crippen LogP) is 4.22. The highest BCUT2D eigenvalue weighted by Gasteiger charge is 2.22. The van der Waals surface area contributed by atoms with Crippen LogP contribution in [0.15, 0.2) is 47.6 Å². The summed E-state index contributed by atoms with van der Waals surface area (Å²) in [5.41, 5.74) is 3.26. The molecule has 4 rings (SSSR count). The van der Waals surface area contributed by atoms with Crippen molar-refractivity contribution >= 4 is 35.2 Å². The lowest BCUT2D eigenvalue weighted by atomic mass is 10.0. The Hall–Kier alpha value is -3.24. The smallest absolute Gasteiger partial charge is 0.411 e. The molecule has 2 aromatic rings. The van der Waals surface area contributed by atoms with Crippen molar-refractivity contribution in [3.05, 3.63) is 53.6 Å². The van der Waals surface area contributed by atoms with E-state index < -0.39 is 6.09 Å². The molecule has 0 aromatic heterocycles. The van der Waals surface area contributed by atoms with Crippen molar-refractivity contribution in [3.8, 4) is 11.5 Å². The third-order valence-corrected chi connectivity index (χ3v) is 7.25. The summed E-state index contributed by atoms with van der Waals surface area (Å²) in [7, 11) is 3.19. The van der Waals surface area contributed by atoms with Crippen LogP contribution in [-0.4, -0.2) is 79.6 Å². The second-order valence-electron chi connectivity index (χ2n) is 8.83. The molecule has 198 valence electrons. The zero-order valence-corrected chi connectivity index (χ0v) is 22.2. The number of anilines is 1. The molecular formula is C27H34N4O5S. The molecule has 0 bridgehead atoms. The Kier molecular flexibility index (Phi) is 9.67. The fourth-order valence-electron chi connectivity index (χ4n) is 4.25. The van der Waals surface area contributed by atoms with E-state index >= 15 is 0 Å². The number of hydrogen-bond donors (Lipinski definition) is 1. The van der Waals surface area contributed by atoms with E-state index in [1.54, 1.807) is 26.4 Å². The van der Waals surface area contributed by atoms with Crippen molar-refractivity contribution < 1.29 is 23.8 Å². The van der Waals surface area contributed by atoms with E-state index in [0.29, 0.717) is 43.2 Å². The van der Waals surface area contributed by atoms with Crippen LogP contribution < -0.4 is 14.8 Å². The summed E-state index contributed by atoms with van der Waals surface area (Å²) in [6.07, 6.45) is 1.31. The highest BCUT2D eigenvalue weighted by atomic mass is 32.2. The molecule has 1 N–H and O–H groups in total. The lowest BCUT2D eigenvalue weighted by Crippen LogP contribution is -2.34. The van der Waals surface area contributed by atoms with Crippen LogP contribution in [0.25, 0.3) is 0 Å². The van der Waals surface area contributed by atoms with Gasteiger partial charge in [0.25, 0.3) is 0 Å². The Morgan fingerprint density at radius 3 is 2.51 bits per heavy atom. The highest BCUT2D eigenvalue weighted by Crippen LogP contribution is 2.29. The Bertz CT molecular complexity index is 1100. The fraction of sp³-hybridized carbons (Fsp3) is 0.444. The number of carbonyl (C=O) groups is 2. The van der Waals surface area contributed by atoms with Gasteiger partial charge in [-0.2, -0.15) is 16.9 Å². The van der Waals surface area contributed by atoms with Gasteiger partial charge in [0, 0.05) is 55.2 Å². The molecular weight excluding hydrogens is 492 g/mol.